The molecule has 1 saturated heterocycles. The summed E-state index contributed by atoms with van der Waals surface area (Å²) >= 11 is 1.45. The van der Waals surface area contributed by atoms with Gasteiger partial charge < -0.3 is 14.0 Å². The number of aromatic amines is 1. The molecule has 2 aliphatic heterocycles. The van der Waals surface area contributed by atoms with E-state index in [1.165, 1.54) is 11.8 Å². The van der Waals surface area contributed by atoms with Crippen molar-refractivity contribution in [2.75, 3.05) is 13.7 Å². The van der Waals surface area contributed by atoms with Gasteiger partial charge in [0.25, 0.3) is 11.1 Å². The van der Waals surface area contributed by atoms with Crippen LogP contribution >= 0.6 is 11.8 Å². The van der Waals surface area contributed by atoms with E-state index in [0.29, 0.717) is 29.3 Å². The zero-order valence-electron chi connectivity index (χ0n) is 19.5. The maximum absolute atomic E-state index is 13.4. The molecular formula is C24H28N4O4S. The van der Waals surface area contributed by atoms with E-state index in [0.717, 1.165) is 28.8 Å². The van der Waals surface area contributed by atoms with E-state index >= 15 is 0 Å². The van der Waals surface area contributed by atoms with Crippen molar-refractivity contribution in [3.8, 4) is 5.75 Å². The molecule has 3 aromatic rings. The van der Waals surface area contributed by atoms with Gasteiger partial charge in [-0.05, 0) is 57.2 Å². The second-order valence-corrected chi connectivity index (χ2v) is 10.6. The van der Waals surface area contributed by atoms with Crippen molar-refractivity contribution in [3.63, 3.8) is 0 Å². The molecule has 0 spiro atoms. The van der Waals surface area contributed by atoms with Crippen molar-refractivity contribution >= 4 is 33.5 Å². The van der Waals surface area contributed by atoms with E-state index < -0.39 is 5.25 Å². The van der Waals surface area contributed by atoms with E-state index in [1.807, 2.05) is 35.9 Å². The first-order chi connectivity index (χ1) is 15.7. The number of benzene rings is 1. The summed E-state index contributed by atoms with van der Waals surface area (Å²) in [6.45, 7) is 6.68. The van der Waals surface area contributed by atoms with Crippen LogP contribution in [0.2, 0.25) is 0 Å². The molecule has 0 amide bonds. The molecule has 1 N–H and O–H groups in total. The highest BCUT2D eigenvalue weighted by Crippen LogP contribution is 2.45. The van der Waals surface area contributed by atoms with Crippen LogP contribution in [0.5, 0.6) is 5.75 Å². The number of nitrogens with one attached hydrogen (secondary N) is 1. The molecule has 2 aromatic heterocycles. The second kappa shape index (κ2) is 7.92. The second-order valence-electron chi connectivity index (χ2n) is 9.32. The Labute approximate surface area is 195 Å². The van der Waals surface area contributed by atoms with Gasteiger partial charge in [0.15, 0.2) is 5.82 Å². The fourth-order valence-corrected chi connectivity index (χ4v) is 6.00. The minimum Gasteiger partial charge on any atom is -0.497 e. The monoisotopic (exact) mass is 468 g/mol. The third-order valence-corrected chi connectivity index (χ3v) is 7.69. The van der Waals surface area contributed by atoms with Crippen LogP contribution in [-0.2, 0) is 11.8 Å². The SMILES string of the molecule is COc1ccc2cc([C@@H]3SC(C)=Nc4c3c(=O)[nH]n4[C@H]3CCOC(C)(C)C3)c(=O)n(C)c2c1. The molecule has 33 heavy (non-hydrogen) atoms. The maximum Gasteiger partial charge on any atom is 0.271 e. The lowest BCUT2D eigenvalue weighted by Crippen LogP contribution is -2.35. The number of pyridine rings is 1. The molecule has 4 heterocycles. The van der Waals surface area contributed by atoms with Gasteiger partial charge >= 0.3 is 0 Å². The van der Waals surface area contributed by atoms with Crippen LogP contribution in [0.1, 0.15) is 56.0 Å². The van der Waals surface area contributed by atoms with Crippen molar-refractivity contribution in [2.24, 2.45) is 12.0 Å². The van der Waals surface area contributed by atoms with E-state index in [1.54, 1.807) is 18.7 Å². The molecule has 5 rings (SSSR count). The average Bonchev–Trinajstić information content (AvgIpc) is 3.11. The fraction of sp³-hybridized carbons (Fsp3) is 0.458. The predicted octanol–water partition coefficient (Wildman–Crippen LogP) is 4.05. The molecule has 0 aliphatic carbocycles. The number of aliphatic imine (C=N–C) groups is 1. The number of thioether (sulfide) groups is 1. The number of ether oxygens (including phenoxy) is 2. The van der Waals surface area contributed by atoms with Gasteiger partial charge in [-0.15, -0.1) is 0 Å². The third-order valence-electron chi connectivity index (χ3n) is 6.53. The number of aryl methyl sites for hydroxylation is 1. The Morgan fingerprint density at radius 3 is 2.79 bits per heavy atom. The smallest absolute Gasteiger partial charge is 0.271 e. The lowest BCUT2D eigenvalue weighted by atomic mass is 9.94. The van der Waals surface area contributed by atoms with Crippen LogP contribution in [-0.4, -0.2) is 38.7 Å². The van der Waals surface area contributed by atoms with Crippen molar-refractivity contribution in [2.45, 2.75) is 50.5 Å². The highest BCUT2D eigenvalue weighted by molar-refractivity contribution is 8.14. The molecule has 9 heteroatoms. The van der Waals surface area contributed by atoms with Gasteiger partial charge in [0.1, 0.15) is 5.75 Å². The Balaban J connectivity index is 1.66. The molecule has 8 nitrogen and oxygen atoms in total. The van der Waals surface area contributed by atoms with Crippen molar-refractivity contribution in [3.05, 3.63) is 56.1 Å². The van der Waals surface area contributed by atoms with Crippen LogP contribution < -0.4 is 15.9 Å². The van der Waals surface area contributed by atoms with E-state index in [4.69, 9.17) is 14.5 Å². The number of methoxy groups -OCH3 is 1. The zero-order chi connectivity index (χ0) is 23.5. The molecular weight excluding hydrogens is 440 g/mol. The van der Waals surface area contributed by atoms with Crippen LogP contribution in [0.4, 0.5) is 5.82 Å². The average molecular weight is 469 g/mol. The molecule has 0 saturated carbocycles. The molecule has 0 radical (unpaired) electrons. The molecule has 2 aliphatic rings. The quantitative estimate of drug-likeness (QED) is 0.626. The lowest BCUT2D eigenvalue weighted by Gasteiger charge is -2.36. The van der Waals surface area contributed by atoms with Gasteiger partial charge in [0.05, 0.1) is 40.1 Å². The van der Waals surface area contributed by atoms with Crippen LogP contribution in [0, 0.1) is 0 Å². The van der Waals surface area contributed by atoms with Crippen molar-refractivity contribution in [1.29, 1.82) is 0 Å². The molecule has 1 aromatic carbocycles. The number of nitrogens with zero attached hydrogens (tertiary/aromatic N) is 3. The number of fused-ring (bicyclic) bond motifs is 2. The van der Waals surface area contributed by atoms with Gasteiger partial charge in [-0.1, -0.05) is 11.8 Å². The molecule has 174 valence electrons. The number of hydrogen-bond acceptors (Lipinski definition) is 6. The third kappa shape index (κ3) is 3.73. The summed E-state index contributed by atoms with van der Waals surface area (Å²) < 4.78 is 14.7. The minimum absolute atomic E-state index is 0.0809. The Morgan fingerprint density at radius 2 is 2.06 bits per heavy atom. The first kappa shape index (κ1) is 22.0. The Morgan fingerprint density at radius 1 is 1.27 bits per heavy atom. The fourth-order valence-electron chi connectivity index (χ4n) is 4.90. The summed E-state index contributed by atoms with van der Waals surface area (Å²) in [6, 6.07) is 7.64. The summed E-state index contributed by atoms with van der Waals surface area (Å²) in [5, 5.41) is 4.34. The van der Waals surface area contributed by atoms with Crippen molar-refractivity contribution in [1.82, 2.24) is 14.3 Å². The predicted molar refractivity (Wildman–Crippen MR) is 131 cm³/mol. The van der Waals surface area contributed by atoms with Gasteiger partial charge in [-0.25, -0.2) is 4.99 Å². The first-order valence-corrected chi connectivity index (χ1v) is 11.9. The zero-order valence-corrected chi connectivity index (χ0v) is 20.3. The van der Waals surface area contributed by atoms with Crippen LogP contribution in [0.25, 0.3) is 10.9 Å². The Bertz CT molecular complexity index is 1400. The molecule has 1 fully saturated rings. The largest absolute Gasteiger partial charge is 0.497 e. The van der Waals surface area contributed by atoms with E-state index in [2.05, 4.69) is 18.9 Å². The van der Waals surface area contributed by atoms with E-state index in [9.17, 15) is 9.59 Å². The highest BCUT2D eigenvalue weighted by Gasteiger charge is 2.36. The number of aromatic nitrogens is 3. The number of rotatable bonds is 3. The molecule has 0 unspecified atom stereocenters. The summed E-state index contributed by atoms with van der Waals surface area (Å²) in [5.41, 5.74) is 1.30. The minimum atomic E-state index is -0.430. The molecule has 0 bridgehead atoms. The van der Waals surface area contributed by atoms with Gasteiger partial charge in [-0.2, -0.15) is 0 Å². The van der Waals surface area contributed by atoms with Gasteiger partial charge in [0.2, 0.25) is 0 Å². The first-order valence-electron chi connectivity index (χ1n) is 11.1. The van der Waals surface area contributed by atoms with E-state index in [-0.39, 0.29) is 22.8 Å². The summed E-state index contributed by atoms with van der Waals surface area (Å²) in [4.78, 5) is 31.4. The van der Waals surface area contributed by atoms with Gasteiger partial charge in [0, 0.05) is 25.3 Å². The lowest BCUT2D eigenvalue weighted by molar-refractivity contribution is -0.0705. The normalized spacial score (nSPS) is 22.2. The van der Waals surface area contributed by atoms with Crippen LogP contribution in [0.3, 0.4) is 0 Å². The maximum atomic E-state index is 13.4. The number of H-pyrrole nitrogens is 1. The summed E-state index contributed by atoms with van der Waals surface area (Å²) in [5.74, 6) is 1.32. The van der Waals surface area contributed by atoms with Gasteiger partial charge in [-0.3, -0.25) is 19.4 Å². The van der Waals surface area contributed by atoms with Crippen LogP contribution in [0.15, 0.2) is 38.8 Å². The Hall–Kier alpha value is -2.78. The summed E-state index contributed by atoms with van der Waals surface area (Å²) in [7, 11) is 3.36. The Kier molecular flexibility index (Phi) is 5.29. The summed E-state index contributed by atoms with van der Waals surface area (Å²) in [6.07, 6.45) is 1.57. The van der Waals surface area contributed by atoms with Crippen molar-refractivity contribution < 1.29 is 9.47 Å². The topological polar surface area (TPSA) is 90.6 Å². The highest BCUT2D eigenvalue weighted by atomic mass is 32.2. The number of hydrogen-bond donors (Lipinski definition) is 1. The standard InChI is InChI=1S/C24H28N4O4S/c1-13-25-21-19(22(29)26-28(21)15-8-9-32-24(2,3)12-15)20(33-13)17-10-14-6-7-16(31-5)11-18(14)27(4)23(17)30/h6-7,10-11,15,20H,8-9,12H2,1-5H3,(H,26,29)/t15-,20-/m0/s1. The molecule has 2 atom stereocenters.